The van der Waals surface area contributed by atoms with Gasteiger partial charge in [0.25, 0.3) is 0 Å². The van der Waals surface area contributed by atoms with Crippen LogP contribution in [0, 0.1) is 13.8 Å². The van der Waals surface area contributed by atoms with Crippen LogP contribution < -0.4 is 5.43 Å². The van der Waals surface area contributed by atoms with E-state index in [0.717, 1.165) is 33.3 Å². The van der Waals surface area contributed by atoms with Gasteiger partial charge >= 0.3 is 0 Å². The van der Waals surface area contributed by atoms with E-state index in [1.165, 1.54) is 0 Å². The molecule has 0 spiro atoms. The molecule has 0 bridgehead atoms. The molecular weight excluding hydrogens is 300 g/mol. The minimum Gasteiger partial charge on any atom is -0.282 e. The molecule has 122 valence electrons. The molecule has 0 aliphatic carbocycles. The summed E-state index contributed by atoms with van der Waals surface area (Å²) in [5.41, 5.74) is 6.64. The third kappa shape index (κ3) is 3.51. The third-order valence-corrected chi connectivity index (χ3v) is 4.10. The number of benzene rings is 2. The molecular formula is C19H20N4O. The molecule has 0 unspecified atom stereocenters. The van der Waals surface area contributed by atoms with Crippen LogP contribution in [0.25, 0.3) is 10.8 Å². The number of carbonyl (C=O) groups excluding carboxylic acids is 1. The van der Waals surface area contributed by atoms with Gasteiger partial charge in [0, 0.05) is 17.7 Å². The van der Waals surface area contributed by atoms with Crippen molar-refractivity contribution < 1.29 is 4.79 Å². The Balaban J connectivity index is 1.60. The van der Waals surface area contributed by atoms with E-state index >= 15 is 0 Å². The standard InChI is InChI=1S/C19H20N4O/c1-13-17(14(2)22-21-13)10-11-19(24)23-20-12-16-8-5-7-15-6-3-4-9-18(15)16/h3-9,12H,10-11H2,1-2H3,(H,21,22)(H,23,24)/b20-12+. The highest BCUT2D eigenvalue weighted by Crippen LogP contribution is 2.16. The molecule has 24 heavy (non-hydrogen) atoms. The quantitative estimate of drug-likeness (QED) is 0.559. The molecule has 3 aromatic rings. The van der Waals surface area contributed by atoms with Crippen LogP contribution in [0.3, 0.4) is 0 Å². The molecule has 0 aliphatic rings. The summed E-state index contributed by atoms with van der Waals surface area (Å²) < 4.78 is 0. The van der Waals surface area contributed by atoms with Crippen LogP contribution in [-0.4, -0.2) is 22.3 Å². The molecule has 0 fully saturated rings. The monoisotopic (exact) mass is 320 g/mol. The molecule has 2 N–H and O–H groups in total. The number of amides is 1. The first-order chi connectivity index (χ1) is 11.6. The molecule has 3 rings (SSSR count). The Labute approximate surface area is 140 Å². The van der Waals surface area contributed by atoms with Gasteiger partial charge in [0.15, 0.2) is 0 Å². The Morgan fingerprint density at radius 3 is 2.79 bits per heavy atom. The number of nitrogens with zero attached hydrogens (tertiary/aromatic N) is 2. The van der Waals surface area contributed by atoms with E-state index in [2.05, 4.69) is 32.9 Å². The number of nitrogens with one attached hydrogen (secondary N) is 2. The van der Waals surface area contributed by atoms with Crippen LogP contribution in [0.4, 0.5) is 0 Å². The summed E-state index contributed by atoms with van der Waals surface area (Å²) in [6.45, 7) is 3.90. The van der Waals surface area contributed by atoms with E-state index in [-0.39, 0.29) is 5.91 Å². The largest absolute Gasteiger partial charge is 0.282 e. The minimum atomic E-state index is -0.105. The molecule has 1 heterocycles. The number of carbonyl (C=O) groups is 1. The zero-order chi connectivity index (χ0) is 16.9. The second-order valence-corrected chi connectivity index (χ2v) is 5.77. The highest BCUT2D eigenvalue weighted by molar-refractivity contribution is 5.99. The number of aromatic nitrogens is 2. The van der Waals surface area contributed by atoms with E-state index in [9.17, 15) is 4.79 Å². The van der Waals surface area contributed by atoms with Crippen molar-refractivity contribution in [3.63, 3.8) is 0 Å². The number of aromatic amines is 1. The number of aryl methyl sites for hydroxylation is 2. The summed E-state index contributed by atoms with van der Waals surface area (Å²) in [6.07, 6.45) is 2.73. The van der Waals surface area contributed by atoms with Gasteiger partial charge in [-0.25, -0.2) is 5.43 Å². The van der Waals surface area contributed by atoms with Crippen molar-refractivity contribution in [1.29, 1.82) is 0 Å². The maximum Gasteiger partial charge on any atom is 0.240 e. The van der Waals surface area contributed by atoms with Crippen molar-refractivity contribution in [1.82, 2.24) is 15.6 Å². The smallest absolute Gasteiger partial charge is 0.240 e. The van der Waals surface area contributed by atoms with Gasteiger partial charge in [0.2, 0.25) is 5.91 Å². The first-order valence-electron chi connectivity index (χ1n) is 7.95. The fraction of sp³-hybridized carbons (Fsp3) is 0.211. The molecule has 0 aliphatic heterocycles. The Hall–Kier alpha value is -2.95. The van der Waals surface area contributed by atoms with Crippen LogP contribution in [-0.2, 0) is 11.2 Å². The number of hydrazone groups is 1. The lowest BCUT2D eigenvalue weighted by molar-refractivity contribution is -0.121. The lowest BCUT2D eigenvalue weighted by atomic mass is 10.1. The average molecular weight is 320 g/mol. The predicted molar refractivity (Wildman–Crippen MR) is 96.1 cm³/mol. The molecule has 5 nitrogen and oxygen atoms in total. The molecule has 0 saturated heterocycles. The minimum absolute atomic E-state index is 0.105. The van der Waals surface area contributed by atoms with Crippen LogP contribution >= 0.6 is 0 Å². The normalized spacial score (nSPS) is 11.2. The van der Waals surface area contributed by atoms with Crippen molar-refractivity contribution in [3.8, 4) is 0 Å². The van der Waals surface area contributed by atoms with Crippen molar-refractivity contribution in [2.75, 3.05) is 0 Å². The fourth-order valence-electron chi connectivity index (χ4n) is 2.77. The maximum atomic E-state index is 12.0. The van der Waals surface area contributed by atoms with Gasteiger partial charge in [-0.2, -0.15) is 10.2 Å². The number of fused-ring (bicyclic) bond motifs is 1. The first kappa shape index (κ1) is 15.9. The topological polar surface area (TPSA) is 70.1 Å². The van der Waals surface area contributed by atoms with Crippen LogP contribution in [0.1, 0.15) is 28.9 Å². The molecule has 1 amide bonds. The average Bonchev–Trinajstić information content (AvgIpc) is 2.91. The van der Waals surface area contributed by atoms with Crippen LogP contribution in [0.15, 0.2) is 47.6 Å². The Bertz CT molecular complexity index is 871. The summed E-state index contributed by atoms with van der Waals surface area (Å²) in [5, 5.41) is 13.4. The first-order valence-corrected chi connectivity index (χ1v) is 7.95. The summed E-state index contributed by atoms with van der Waals surface area (Å²) >= 11 is 0. The van der Waals surface area contributed by atoms with E-state index in [0.29, 0.717) is 12.8 Å². The van der Waals surface area contributed by atoms with Crippen molar-refractivity contribution >= 4 is 22.9 Å². The second-order valence-electron chi connectivity index (χ2n) is 5.77. The van der Waals surface area contributed by atoms with Crippen LogP contribution in [0.5, 0.6) is 0 Å². The van der Waals surface area contributed by atoms with E-state index in [1.54, 1.807) is 6.21 Å². The summed E-state index contributed by atoms with van der Waals surface area (Å²) in [7, 11) is 0. The van der Waals surface area contributed by atoms with Crippen molar-refractivity contribution in [2.24, 2.45) is 5.10 Å². The molecule has 5 heteroatoms. The van der Waals surface area contributed by atoms with Crippen molar-refractivity contribution in [3.05, 3.63) is 65.0 Å². The van der Waals surface area contributed by atoms with Crippen molar-refractivity contribution in [2.45, 2.75) is 26.7 Å². The highest BCUT2D eigenvalue weighted by Gasteiger charge is 2.08. The predicted octanol–water partition coefficient (Wildman–Crippen LogP) is 3.26. The number of H-pyrrole nitrogens is 1. The summed E-state index contributed by atoms with van der Waals surface area (Å²) in [4.78, 5) is 12.0. The Kier molecular flexibility index (Phi) is 4.70. The van der Waals surface area contributed by atoms with Gasteiger partial charge < -0.3 is 0 Å². The van der Waals surface area contributed by atoms with Gasteiger partial charge in [0.05, 0.1) is 11.9 Å². The Morgan fingerprint density at radius 1 is 1.21 bits per heavy atom. The summed E-state index contributed by atoms with van der Waals surface area (Å²) in [5.74, 6) is -0.105. The van der Waals surface area contributed by atoms with E-state index in [1.807, 2.05) is 44.2 Å². The summed E-state index contributed by atoms with van der Waals surface area (Å²) in [6, 6.07) is 14.1. The molecule has 1 aromatic heterocycles. The second kappa shape index (κ2) is 7.08. The van der Waals surface area contributed by atoms with Gasteiger partial charge in [0.1, 0.15) is 0 Å². The SMILES string of the molecule is Cc1n[nH]c(C)c1CCC(=O)N/N=C/c1cccc2ccccc12. The lowest BCUT2D eigenvalue weighted by Gasteiger charge is -2.03. The molecule has 0 atom stereocenters. The van der Waals surface area contributed by atoms with E-state index < -0.39 is 0 Å². The van der Waals surface area contributed by atoms with Gasteiger partial charge in [-0.3, -0.25) is 9.89 Å². The fourth-order valence-corrected chi connectivity index (χ4v) is 2.77. The molecule has 0 radical (unpaired) electrons. The maximum absolute atomic E-state index is 12.0. The number of hydrogen-bond acceptors (Lipinski definition) is 3. The third-order valence-electron chi connectivity index (χ3n) is 4.10. The van der Waals surface area contributed by atoms with Gasteiger partial charge in [-0.1, -0.05) is 42.5 Å². The molecule has 0 saturated carbocycles. The number of hydrogen-bond donors (Lipinski definition) is 2. The highest BCUT2D eigenvalue weighted by atomic mass is 16.2. The zero-order valence-electron chi connectivity index (χ0n) is 13.8. The lowest BCUT2D eigenvalue weighted by Crippen LogP contribution is -2.18. The van der Waals surface area contributed by atoms with Gasteiger partial charge in [-0.15, -0.1) is 0 Å². The molecule has 2 aromatic carbocycles. The van der Waals surface area contributed by atoms with Crippen LogP contribution in [0.2, 0.25) is 0 Å². The van der Waals surface area contributed by atoms with E-state index in [4.69, 9.17) is 0 Å². The number of rotatable bonds is 5. The zero-order valence-corrected chi connectivity index (χ0v) is 13.8. The van der Waals surface area contributed by atoms with Gasteiger partial charge in [-0.05, 0) is 36.6 Å². The Morgan fingerprint density at radius 2 is 2.00 bits per heavy atom.